The summed E-state index contributed by atoms with van der Waals surface area (Å²) in [5.41, 5.74) is 0.358. The highest BCUT2D eigenvalue weighted by Crippen LogP contribution is 2.49. The Hall–Kier alpha value is -1.23. The molecule has 20 heavy (non-hydrogen) atoms. The summed E-state index contributed by atoms with van der Waals surface area (Å²) in [6.07, 6.45) is -3.77. The Bertz CT molecular complexity index is 431. The predicted molar refractivity (Wildman–Crippen MR) is 74.9 cm³/mol. The van der Waals surface area contributed by atoms with Crippen molar-refractivity contribution in [2.24, 2.45) is 0 Å². The molecule has 1 fully saturated rings. The van der Waals surface area contributed by atoms with Crippen molar-refractivity contribution in [1.82, 2.24) is 5.32 Å². The van der Waals surface area contributed by atoms with E-state index in [1.807, 2.05) is 24.3 Å². The van der Waals surface area contributed by atoms with Crippen LogP contribution >= 0.6 is 0 Å². The number of nitrogens with zero attached hydrogens (tertiary/aromatic N) is 1. The van der Waals surface area contributed by atoms with Gasteiger partial charge in [-0.2, -0.15) is 13.2 Å². The summed E-state index contributed by atoms with van der Waals surface area (Å²) in [4.78, 5) is 2.20. The number of rotatable bonds is 6. The molecule has 0 atom stereocenters. The first kappa shape index (κ1) is 15.2. The second kappa shape index (κ2) is 5.64. The average Bonchev–Trinajstić information content (AvgIpc) is 3.20. The summed E-state index contributed by atoms with van der Waals surface area (Å²) in [5.74, 6) is 0. The van der Waals surface area contributed by atoms with Gasteiger partial charge < -0.3 is 4.90 Å². The molecule has 1 aromatic carbocycles. The smallest absolute Gasteiger partial charge is 0.372 e. The quantitative estimate of drug-likeness (QED) is 0.857. The number of hydrogen-bond donors (Lipinski definition) is 1. The maximum atomic E-state index is 12.8. The van der Waals surface area contributed by atoms with Gasteiger partial charge in [0.2, 0.25) is 0 Å². The van der Waals surface area contributed by atoms with Gasteiger partial charge in [0.15, 0.2) is 0 Å². The molecule has 0 saturated heterocycles. The van der Waals surface area contributed by atoms with Gasteiger partial charge in [0, 0.05) is 25.3 Å². The maximum absolute atomic E-state index is 12.8. The van der Waals surface area contributed by atoms with E-state index in [0.29, 0.717) is 0 Å². The first-order valence-electron chi connectivity index (χ1n) is 7.07. The van der Waals surface area contributed by atoms with Crippen molar-refractivity contribution < 1.29 is 13.2 Å². The first-order chi connectivity index (χ1) is 9.42. The van der Waals surface area contributed by atoms with Crippen molar-refractivity contribution >= 4 is 5.69 Å². The maximum Gasteiger partial charge on any atom is 0.406 e. The van der Waals surface area contributed by atoms with Gasteiger partial charge in [-0.1, -0.05) is 12.1 Å². The zero-order valence-corrected chi connectivity index (χ0v) is 11.9. The minimum Gasteiger partial charge on any atom is -0.372 e. The molecule has 1 N–H and O–H groups in total. The van der Waals surface area contributed by atoms with Gasteiger partial charge in [0.25, 0.3) is 0 Å². The lowest BCUT2D eigenvalue weighted by atomic mass is 10.1. The highest BCUT2D eigenvalue weighted by atomic mass is 19.4. The number of anilines is 1. The van der Waals surface area contributed by atoms with E-state index in [0.717, 1.165) is 24.3 Å². The molecule has 0 heterocycles. The lowest BCUT2D eigenvalue weighted by Gasteiger charge is -2.22. The van der Waals surface area contributed by atoms with Crippen molar-refractivity contribution in [1.29, 1.82) is 0 Å². The second-order valence-electron chi connectivity index (χ2n) is 5.27. The lowest BCUT2D eigenvalue weighted by Crippen LogP contribution is -2.44. The predicted octanol–water partition coefficient (Wildman–Crippen LogP) is 3.72. The molecule has 0 bridgehead atoms. The summed E-state index contributed by atoms with van der Waals surface area (Å²) in [6, 6.07) is 7.73. The fourth-order valence-corrected chi connectivity index (χ4v) is 2.37. The highest BCUT2D eigenvalue weighted by Gasteiger charge is 2.62. The van der Waals surface area contributed by atoms with Crippen LogP contribution in [0.25, 0.3) is 0 Å². The summed E-state index contributed by atoms with van der Waals surface area (Å²) in [6.45, 7) is 6.27. The Labute approximate surface area is 118 Å². The SMILES string of the molecule is CCN(CC)c1ccc(CNC2(C(F)(F)F)CC2)cc1. The van der Waals surface area contributed by atoms with E-state index >= 15 is 0 Å². The number of halogens is 3. The highest BCUT2D eigenvalue weighted by molar-refractivity contribution is 5.47. The number of alkyl halides is 3. The van der Waals surface area contributed by atoms with E-state index < -0.39 is 11.7 Å². The minimum absolute atomic E-state index is 0.189. The van der Waals surface area contributed by atoms with Crippen molar-refractivity contribution in [2.75, 3.05) is 18.0 Å². The van der Waals surface area contributed by atoms with Crippen LogP contribution in [-0.2, 0) is 6.54 Å². The van der Waals surface area contributed by atoms with Crippen LogP contribution in [0.5, 0.6) is 0 Å². The van der Waals surface area contributed by atoms with Crippen molar-refractivity contribution in [3.8, 4) is 0 Å². The van der Waals surface area contributed by atoms with Crippen molar-refractivity contribution in [3.63, 3.8) is 0 Å². The van der Waals surface area contributed by atoms with Crippen LogP contribution in [0.1, 0.15) is 32.3 Å². The zero-order valence-electron chi connectivity index (χ0n) is 11.9. The standard InChI is InChI=1S/C15H21F3N2/c1-3-20(4-2)13-7-5-12(6-8-13)11-19-14(9-10-14)15(16,17)18/h5-8,19H,3-4,9-11H2,1-2H3. The van der Waals surface area contributed by atoms with Gasteiger partial charge >= 0.3 is 6.18 Å². The molecular weight excluding hydrogens is 265 g/mol. The lowest BCUT2D eigenvalue weighted by molar-refractivity contribution is -0.166. The minimum atomic E-state index is -4.14. The van der Waals surface area contributed by atoms with Gasteiger partial charge in [-0.25, -0.2) is 0 Å². The van der Waals surface area contributed by atoms with Crippen LogP contribution in [-0.4, -0.2) is 24.8 Å². The molecule has 0 amide bonds. The Morgan fingerprint density at radius 1 is 1.10 bits per heavy atom. The van der Waals surface area contributed by atoms with E-state index in [1.165, 1.54) is 0 Å². The van der Waals surface area contributed by atoms with Crippen LogP contribution in [0.4, 0.5) is 18.9 Å². The molecule has 1 saturated carbocycles. The monoisotopic (exact) mass is 286 g/mol. The Morgan fingerprint density at radius 2 is 1.65 bits per heavy atom. The number of hydrogen-bond acceptors (Lipinski definition) is 2. The number of nitrogens with one attached hydrogen (secondary N) is 1. The van der Waals surface area contributed by atoms with Gasteiger partial charge in [-0.3, -0.25) is 5.32 Å². The fraction of sp³-hybridized carbons (Fsp3) is 0.600. The molecule has 1 aliphatic carbocycles. The molecule has 2 rings (SSSR count). The van der Waals surface area contributed by atoms with Crippen LogP contribution in [0.2, 0.25) is 0 Å². The third kappa shape index (κ3) is 3.08. The zero-order chi connectivity index (χ0) is 14.8. The molecule has 5 heteroatoms. The molecule has 1 aliphatic rings. The first-order valence-corrected chi connectivity index (χ1v) is 7.07. The van der Waals surface area contributed by atoms with Crippen LogP contribution in [0.3, 0.4) is 0 Å². The molecule has 0 radical (unpaired) electrons. The third-order valence-electron chi connectivity index (χ3n) is 3.99. The fourth-order valence-electron chi connectivity index (χ4n) is 2.37. The van der Waals surface area contributed by atoms with E-state index in [4.69, 9.17) is 0 Å². The molecule has 112 valence electrons. The second-order valence-corrected chi connectivity index (χ2v) is 5.27. The molecule has 0 spiro atoms. The largest absolute Gasteiger partial charge is 0.406 e. The Balaban J connectivity index is 1.95. The van der Waals surface area contributed by atoms with E-state index in [2.05, 4.69) is 24.1 Å². The molecule has 0 aromatic heterocycles. The summed E-state index contributed by atoms with van der Waals surface area (Å²) in [5, 5.41) is 2.66. The Kier molecular flexibility index (Phi) is 4.28. The molecule has 2 nitrogen and oxygen atoms in total. The van der Waals surface area contributed by atoms with Crippen LogP contribution in [0, 0.1) is 0 Å². The summed E-state index contributed by atoms with van der Waals surface area (Å²) in [7, 11) is 0. The molecular formula is C15H21F3N2. The average molecular weight is 286 g/mol. The van der Waals surface area contributed by atoms with Crippen molar-refractivity contribution in [3.05, 3.63) is 29.8 Å². The third-order valence-corrected chi connectivity index (χ3v) is 3.99. The van der Waals surface area contributed by atoms with E-state index in [-0.39, 0.29) is 19.4 Å². The molecule has 0 unspecified atom stereocenters. The number of benzene rings is 1. The van der Waals surface area contributed by atoms with Gasteiger partial charge in [0.05, 0.1) is 0 Å². The van der Waals surface area contributed by atoms with E-state index in [1.54, 1.807) is 0 Å². The molecule has 0 aliphatic heterocycles. The van der Waals surface area contributed by atoms with Crippen LogP contribution in [0.15, 0.2) is 24.3 Å². The summed E-state index contributed by atoms with van der Waals surface area (Å²) < 4.78 is 38.4. The Morgan fingerprint density at radius 3 is 2.05 bits per heavy atom. The van der Waals surface area contributed by atoms with Gasteiger partial charge in [-0.15, -0.1) is 0 Å². The topological polar surface area (TPSA) is 15.3 Å². The normalized spacial score (nSPS) is 17.1. The van der Waals surface area contributed by atoms with Gasteiger partial charge in [-0.05, 0) is 44.4 Å². The van der Waals surface area contributed by atoms with E-state index in [9.17, 15) is 13.2 Å². The summed E-state index contributed by atoms with van der Waals surface area (Å²) >= 11 is 0. The van der Waals surface area contributed by atoms with Gasteiger partial charge in [0.1, 0.15) is 5.54 Å². The molecule has 1 aromatic rings. The van der Waals surface area contributed by atoms with Crippen LogP contribution < -0.4 is 10.2 Å². The van der Waals surface area contributed by atoms with Crippen molar-refractivity contribution in [2.45, 2.75) is 44.9 Å².